The average molecular weight is 333 g/mol. The lowest BCUT2D eigenvalue weighted by Gasteiger charge is -2.25. The molecular weight excluding hydrogens is 313 g/mol. The number of nitrogens with zero attached hydrogens (tertiary/aromatic N) is 2. The third-order valence-electron chi connectivity index (χ3n) is 4.21. The molecule has 1 aromatic carbocycles. The summed E-state index contributed by atoms with van der Waals surface area (Å²) in [7, 11) is 3.99. The molecule has 2 aromatic rings. The minimum Gasteiger partial charge on any atom is -0.336 e. The molecule has 1 aromatic heterocycles. The number of thiophene rings is 1. The highest BCUT2D eigenvalue weighted by Crippen LogP contribution is 2.25. The van der Waals surface area contributed by atoms with Crippen molar-refractivity contribution in [2.24, 2.45) is 0 Å². The zero-order chi connectivity index (χ0) is 16.4. The maximum absolute atomic E-state index is 13.8. The fourth-order valence-corrected chi connectivity index (χ4v) is 3.59. The molecule has 1 aliphatic rings. The Balaban J connectivity index is 1.61. The van der Waals surface area contributed by atoms with Gasteiger partial charge < -0.3 is 15.1 Å². The lowest BCUT2D eigenvalue weighted by Crippen LogP contribution is -2.41. The molecule has 0 spiro atoms. The number of amides is 2. The van der Waals surface area contributed by atoms with E-state index < -0.39 is 0 Å². The van der Waals surface area contributed by atoms with Gasteiger partial charge in [-0.15, -0.1) is 0 Å². The summed E-state index contributed by atoms with van der Waals surface area (Å²) in [5.41, 5.74) is 2.71. The fraction of sp³-hybridized carbons (Fsp3) is 0.353. The van der Waals surface area contributed by atoms with Gasteiger partial charge in [0.1, 0.15) is 5.82 Å². The molecule has 1 aliphatic heterocycles. The van der Waals surface area contributed by atoms with Crippen molar-refractivity contribution in [1.29, 1.82) is 0 Å². The number of hydrogen-bond donors (Lipinski definition) is 1. The molecule has 4 nitrogen and oxygen atoms in total. The van der Waals surface area contributed by atoms with Crippen LogP contribution < -0.4 is 5.32 Å². The first kappa shape index (κ1) is 16.0. The molecule has 0 radical (unpaired) electrons. The van der Waals surface area contributed by atoms with E-state index in [2.05, 4.69) is 21.7 Å². The maximum Gasteiger partial charge on any atom is 0.318 e. The summed E-state index contributed by atoms with van der Waals surface area (Å²) < 4.78 is 13.8. The van der Waals surface area contributed by atoms with Crippen LogP contribution in [-0.2, 0) is 13.1 Å². The predicted octanol–water partition coefficient (Wildman–Crippen LogP) is 3.22. The third-order valence-corrected chi connectivity index (χ3v) is 4.91. The standard InChI is InChI=1S/C17H20FN3OS/c1-20(2)16(13-6-7-23-11-13)8-19-17(22)21-9-12-4-3-5-15(18)14(12)10-21/h3-7,11,16H,8-10H2,1-2H3,(H,19,22). The summed E-state index contributed by atoms with van der Waals surface area (Å²) in [6.45, 7) is 1.32. The molecule has 1 atom stereocenters. The zero-order valence-corrected chi connectivity index (χ0v) is 14.1. The Morgan fingerprint density at radius 2 is 2.22 bits per heavy atom. The molecule has 122 valence electrons. The summed E-state index contributed by atoms with van der Waals surface area (Å²) >= 11 is 1.65. The van der Waals surface area contributed by atoms with Crippen molar-refractivity contribution in [3.05, 3.63) is 57.5 Å². The van der Waals surface area contributed by atoms with E-state index in [0.29, 0.717) is 25.2 Å². The normalized spacial score (nSPS) is 14.9. The highest BCUT2D eigenvalue weighted by atomic mass is 32.1. The Hall–Kier alpha value is -1.92. The molecule has 0 aliphatic carbocycles. The van der Waals surface area contributed by atoms with Gasteiger partial charge in [-0.3, -0.25) is 0 Å². The van der Waals surface area contributed by atoms with E-state index in [4.69, 9.17) is 0 Å². The molecule has 0 fully saturated rings. The smallest absolute Gasteiger partial charge is 0.318 e. The number of urea groups is 1. The van der Waals surface area contributed by atoms with Crippen LogP contribution in [-0.4, -0.2) is 36.5 Å². The molecule has 23 heavy (non-hydrogen) atoms. The largest absolute Gasteiger partial charge is 0.336 e. The minimum atomic E-state index is -0.234. The molecule has 2 amide bonds. The molecule has 0 saturated heterocycles. The van der Waals surface area contributed by atoms with Gasteiger partial charge in [0.25, 0.3) is 0 Å². The molecule has 1 unspecified atom stereocenters. The number of carbonyl (C=O) groups is 1. The molecule has 0 bridgehead atoms. The lowest BCUT2D eigenvalue weighted by atomic mass is 10.1. The van der Waals surface area contributed by atoms with Gasteiger partial charge in [0, 0.05) is 18.7 Å². The van der Waals surface area contributed by atoms with Crippen LogP contribution in [0.2, 0.25) is 0 Å². The summed E-state index contributed by atoms with van der Waals surface area (Å²) in [4.78, 5) is 16.1. The quantitative estimate of drug-likeness (QED) is 0.932. The first-order valence-electron chi connectivity index (χ1n) is 7.54. The van der Waals surface area contributed by atoms with Crippen molar-refractivity contribution < 1.29 is 9.18 Å². The van der Waals surface area contributed by atoms with Crippen molar-refractivity contribution in [2.45, 2.75) is 19.1 Å². The first-order chi connectivity index (χ1) is 11.1. The van der Waals surface area contributed by atoms with Crippen LogP contribution in [0.4, 0.5) is 9.18 Å². The molecule has 6 heteroatoms. The van der Waals surface area contributed by atoms with E-state index in [9.17, 15) is 9.18 Å². The van der Waals surface area contributed by atoms with Gasteiger partial charge in [-0.25, -0.2) is 9.18 Å². The van der Waals surface area contributed by atoms with Crippen molar-refractivity contribution in [1.82, 2.24) is 15.1 Å². The van der Waals surface area contributed by atoms with Gasteiger partial charge in [-0.2, -0.15) is 11.3 Å². The van der Waals surface area contributed by atoms with Crippen LogP contribution in [0.3, 0.4) is 0 Å². The number of fused-ring (bicyclic) bond motifs is 1. The summed E-state index contributed by atoms with van der Waals surface area (Å²) in [5, 5.41) is 7.11. The predicted molar refractivity (Wildman–Crippen MR) is 89.8 cm³/mol. The Morgan fingerprint density at radius 1 is 1.39 bits per heavy atom. The van der Waals surface area contributed by atoms with Crippen LogP contribution in [0.15, 0.2) is 35.0 Å². The zero-order valence-electron chi connectivity index (χ0n) is 13.3. The number of hydrogen-bond acceptors (Lipinski definition) is 3. The Kier molecular flexibility index (Phi) is 4.63. The Labute approximate surface area is 139 Å². The van der Waals surface area contributed by atoms with Gasteiger partial charge in [0.2, 0.25) is 0 Å². The highest BCUT2D eigenvalue weighted by molar-refractivity contribution is 7.07. The average Bonchev–Trinajstić information content (AvgIpc) is 3.16. The van der Waals surface area contributed by atoms with Crippen molar-refractivity contribution in [3.63, 3.8) is 0 Å². The van der Waals surface area contributed by atoms with Crippen LogP contribution in [0.25, 0.3) is 0 Å². The van der Waals surface area contributed by atoms with Crippen LogP contribution in [0, 0.1) is 5.82 Å². The van der Waals surface area contributed by atoms with Gasteiger partial charge >= 0.3 is 6.03 Å². The van der Waals surface area contributed by atoms with Crippen molar-refractivity contribution in [3.8, 4) is 0 Å². The number of carbonyl (C=O) groups excluding carboxylic acids is 1. The van der Waals surface area contributed by atoms with E-state index in [1.54, 1.807) is 22.3 Å². The number of likely N-dealkylation sites (N-methyl/N-ethyl adjacent to an activating group) is 1. The van der Waals surface area contributed by atoms with E-state index in [1.807, 2.05) is 25.5 Å². The summed E-state index contributed by atoms with van der Waals surface area (Å²) in [6, 6.07) is 7.06. The lowest BCUT2D eigenvalue weighted by molar-refractivity contribution is 0.192. The van der Waals surface area contributed by atoms with Crippen LogP contribution in [0.5, 0.6) is 0 Å². The molecule has 1 N–H and O–H groups in total. The monoisotopic (exact) mass is 333 g/mol. The maximum atomic E-state index is 13.8. The number of benzene rings is 1. The minimum absolute atomic E-state index is 0.131. The van der Waals surface area contributed by atoms with Gasteiger partial charge in [-0.05, 0) is 48.1 Å². The van der Waals surface area contributed by atoms with E-state index in [0.717, 1.165) is 5.56 Å². The second-order valence-electron chi connectivity index (χ2n) is 5.96. The van der Waals surface area contributed by atoms with E-state index in [1.165, 1.54) is 11.6 Å². The van der Waals surface area contributed by atoms with Crippen LogP contribution >= 0.6 is 11.3 Å². The number of nitrogens with one attached hydrogen (secondary N) is 1. The van der Waals surface area contributed by atoms with Crippen molar-refractivity contribution in [2.75, 3.05) is 20.6 Å². The molecule has 0 saturated carbocycles. The van der Waals surface area contributed by atoms with E-state index >= 15 is 0 Å². The number of rotatable bonds is 4. The van der Waals surface area contributed by atoms with Crippen LogP contribution in [0.1, 0.15) is 22.7 Å². The Morgan fingerprint density at radius 3 is 2.87 bits per heavy atom. The van der Waals surface area contributed by atoms with E-state index in [-0.39, 0.29) is 17.9 Å². The second-order valence-corrected chi connectivity index (χ2v) is 6.74. The summed E-state index contributed by atoms with van der Waals surface area (Å²) in [6.07, 6.45) is 0. The third kappa shape index (κ3) is 3.38. The molecular formula is C17H20FN3OS. The van der Waals surface area contributed by atoms with Gasteiger partial charge in [0.15, 0.2) is 0 Å². The Bertz CT molecular complexity index is 687. The van der Waals surface area contributed by atoms with Crippen molar-refractivity contribution >= 4 is 17.4 Å². The van der Waals surface area contributed by atoms with Gasteiger partial charge in [0.05, 0.1) is 12.6 Å². The van der Waals surface area contributed by atoms with Gasteiger partial charge in [-0.1, -0.05) is 12.1 Å². The highest BCUT2D eigenvalue weighted by Gasteiger charge is 2.26. The summed E-state index contributed by atoms with van der Waals surface area (Å²) in [5.74, 6) is -0.234. The first-order valence-corrected chi connectivity index (χ1v) is 8.48. The topological polar surface area (TPSA) is 35.6 Å². The second kappa shape index (κ2) is 6.68. The molecule has 3 rings (SSSR count). The molecule has 2 heterocycles. The fourth-order valence-electron chi connectivity index (χ4n) is 2.88. The number of halogens is 1. The SMILES string of the molecule is CN(C)C(CNC(=O)N1Cc2cccc(F)c2C1)c1ccsc1.